The van der Waals surface area contributed by atoms with Crippen molar-refractivity contribution in [3.05, 3.63) is 77.0 Å². The number of anilines is 2. The summed E-state index contributed by atoms with van der Waals surface area (Å²) in [6.07, 6.45) is -3.12. The average molecular weight is 736 g/mol. The van der Waals surface area contributed by atoms with E-state index in [0.29, 0.717) is 76.4 Å². The molecule has 272 valence electrons. The zero-order valence-corrected chi connectivity index (χ0v) is 29.5. The molecule has 1 fully saturated rings. The molecule has 11 nitrogen and oxygen atoms in total. The summed E-state index contributed by atoms with van der Waals surface area (Å²) < 4.78 is 45.6. The van der Waals surface area contributed by atoms with E-state index in [1.807, 2.05) is 9.88 Å². The minimum atomic E-state index is -4.60. The van der Waals surface area contributed by atoms with Crippen LogP contribution in [0.15, 0.2) is 60.8 Å². The molecule has 5 rings (SSSR count). The number of alkyl halides is 3. The van der Waals surface area contributed by atoms with Gasteiger partial charge < -0.3 is 30.6 Å². The molecule has 0 unspecified atom stereocenters. The molecule has 52 heavy (non-hydrogen) atoms. The molecule has 0 spiro atoms. The van der Waals surface area contributed by atoms with Crippen molar-refractivity contribution >= 4 is 51.7 Å². The van der Waals surface area contributed by atoms with Crippen LogP contribution >= 0.6 is 11.6 Å². The third-order valence-corrected chi connectivity index (χ3v) is 8.81. The number of hydrogen-bond acceptors (Lipinski definition) is 7. The van der Waals surface area contributed by atoms with Gasteiger partial charge in [0.1, 0.15) is 12.4 Å². The van der Waals surface area contributed by atoms with Crippen molar-refractivity contribution in [3.63, 3.8) is 0 Å². The van der Waals surface area contributed by atoms with E-state index in [4.69, 9.17) is 22.1 Å². The maximum atomic E-state index is 13.1. The van der Waals surface area contributed by atoms with Crippen LogP contribution in [0.25, 0.3) is 33.3 Å². The van der Waals surface area contributed by atoms with Gasteiger partial charge in [-0.2, -0.15) is 13.2 Å². The lowest BCUT2D eigenvalue weighted by Crippen LogP contribution is -2.41. The lowest BCUT2D eigenvalue weighted by molar-refractivity contribution is -0.124. The number of nitrogens with two attached hydrogens (primary N) is 1. The summed E-state index contributed by atoms with van der Waals surface area (Å²) in [6, 6.07) is 11.4. The van der Waals surface area contributed by atoms with Crippen molar-refractivity contribution in [2.24, 2.45) is 7.05 Å². The molecule has 0 aliphatic carbocycles. The number of morpholine rings is 1. The number of likely N-dealkylation sites (N-methyl/N-ethyl adjacent to an activating group) is 1. The van der Waals surface area contributed by atoms with E-state index >= 15 is 0 Å². The van der Waals surface area contributed by atoms with Gasteiger partial charge in [-0.1, -0.05) is 42.3 Å². The van der Waals surface area contributed by atoms with E-state index in [0.717, 1.165) is 13.1 Å². The van der Waals surface area contributed by atoms with Crippen LogP contribution in [0.3, 0.4) is 0 Å². The highest BCUT2D eigenvalue weighted by molar-refractivity contribution is 6.34. The maximum absolute atomic E-state index is 13.1. The number of carbonyl (C=O) groups is 3. The Morgan fingerprint density at radius 2 is 1.79 bits per heavy atom. The fourth-order valence-corrected chi connectivity index (χ4v) is 6.00. The van der Waals surface area contributed by atoms with Gasteiger partial charge in [0.05, 0.1) is 46.0 Å². The summed E-state index contributed by atoms with van der Waals surface area (Å²) in [7, 11) is 3.48. The summed E-state index contributed by atoms with van der Waals surface area (Å²) in [5, 5.41) is 4.99. The summed E-state index contributed by atoms with van der Waals surface area (Å²) >= 11 is 6.52. The first-order valence-corrected chi connectivity index (χ1v) is 16.6. The smallest absolute Gasteiger partial charge is 0.383 e. The Bertz CT molecular complexity index is 2100. The zero-order chi connectivity index (χ0) is 37.7. The van der Waals surface area contributed by atoms with E-state index < -0.39 is 18.6 Å². The van der Waals surface area contributed by atoms with Crippen molar-refractivity contribution < 1.29 is 32.3 Å². The van der Waals surface area contributed by atoms with Crippen molar-refractivity contribution in [1.29, 1.82) is 0 Å². The SMILES string of the molecule is C=C(C)C(=O)Nc1ccc(-c2c(-c3ccc(C(=O)NCC(F)(F)F)c(Cl)c3)c3c(N)ncc(C#CC(=O)N(C)CCN4CCOCC4)c3n2C)cc1. The number of nitrogen functional groups attached to an aromatic ring is 1. The summed E-state index contributed by atoms with van der Waals surface area (Å²) in [5.74, 6) is 4.14. The highest BCUT2D eigenvalue weighted by atomic mass is 35.5. The van der Waals surface area contributed by atoms with E-state index in [2.05, 4.69) is 33.6 Å². The monoisotopic (exact) mass is 735 g/mol. The van der Waals surface area contributed by atoms with Crippen LogP contribution in [0.5, 0.6) is 0 Å². The quantitative estimate of drug-likeness (QED) is 0.161. The standard InChI is InChI=1S/C37H37ClF3N7O4/c1-22(2)35(50)45-26-9-5-23(6-10-26)32-30(24-7-11-27(28(38)19-24)36(51)44-21-37(39,40)41)31-33(47(32)4)25(20-43-34(31)42)8-12-29(49)46(3)13-14-48-15-17-52-18-16-48/h5-7,9-11,19-20H,1,13-18,21H2,2-4H3,(H2,42,43)(H,44,51)(H,45,50). The highest BCUT2D eigenvalue weighted by Crippen LogP contribution is 2.44. The van der Waals surface area contributed by atoms with Crippen LogP contribution in [0.4, 0.5) is 24.7 Å². The molecular weight excluding hydrogens is 699 g/mol. The van der Waals surface area contributed by atoms with Crippen molar-refractivity contribution in [1.82, 2.24) is 24.7 Å². The van der Waals surface area contributed by atoms with Gasteiger partial charge >= 0.3 is 6.18 Å². The van der Waals surface area contributed by atoms with Gasteiger partial charge in [0.15, 0.2) is 0 Å². The average Bonchev–Trinajstić information content (AvgIpc) is 3.43. The number of halogens is 4. The number of ether oxygens (including phenoxy) is 1. The maximum Gasteiger partial charge on any atom is 0.405 e. The normalized spacial score (nSPS) is 13.3. The lowest BCUT2D eigenvalue weighted by atomic mass is 9.96. The Kier molecular flexibility index (Phi) is 11.6. The summed E-state index contributed by atoms with van der Waals surface area (Å²) in [4.78, 5) is 46.1. The number of nitrogens with one attached hydrogen (secondary N) is 2. The van der Waals surface area contributed by atoms with Crippen molar-refractivity contribution in [3.8, 4) is 34.2 Å². The number of pyridine rings is 1. The molecule has 0 atom stereocenters. The number of aromatic nitrogens is 2. The first-order valence-electron chi connectivity index (χ1n) is 16.2. The zero-order valence-electron chi connectivity index (χ0n) is 28.8. The van der Waals surface area contributed by atoms with E-state index in [1.165, 1.54) is 18.3 Å². The van der Waals surface area contributed by atoms with Gasteiger partial charge in [0.25, 0.3) is 17.7 Å². The fraction of sp³-hybridized carbons (Fsp3) is 0.297. The molecule has 4 aromatic rings. The fourth-order valence-electron chi connectivity index (χ4n) is 5.73. The summed E-state index contributed by atoms with van der Waals surface area (Å²) in [5.41, 5.74) is 10.5. The number of nitrogens with zero attached hydrogens (tertiary/aromatic N) is 4. The number of benzene rings is 2. The number of carbonyl (C=O) groups excluding carboxylic acids is 3. The van der Waals surface area contributed by atoms with Crippen LogP contribution in [-0.4, -0.2) is 96.2 Å². The van der Waals surface area contributed by atoms with Gasteiger partial charge in [-0.05, 0) is 42.3 Å². The van der Waals surface area contributed by atoms with Gasteiger partial charge in [-0.3, -0.25) is 19.3 Å². The Morgan fingerprint density at radius 1 is 1.12 bits per heavy atom. The number of amides is 3. The van der Waals surface area contributed by atoms with Gasteiger partial charge in [0, 0.05) is 69.2 Å². The molecule has 2 aromatic heterocycles. The second kappa shape index (κ2) is 15.9. The molecule has 1 saturated heterocycles. The molecule has 0 bridgehead atoms. The second-order valence-corrected chi connectivity index (χ2v) is 12.7. The van der Waals surface area contributed by atoms with E-state index in [-0.39, 0.29) is 28.2 Å². The number of hydrogen-bond donors (Lipinski definition) is 3. The Hall–Kier alpha value is -5.36. The van der Waals surface area contributed by atoms with E-state index in [9.17, 15) is 27.6 Å². The Morgan fingerprint density at radius 3 is 2.42 bits per heavy atom. The molecule has 3 amide bonds. The molecule has 0 radical (unpaired) electrons. The Labute approximate surface area is 303 Å². The van der Waals surface area contributed by atoms with Gasteiger partial charge in [-0.25, -0.2) is 4.98 Å². The minimum absolute atomic E-state index is 0.0915. The van der Waals surface area contributed by atoms with Crippen LogP contribution in [-0.2, 0) is 21.4 Å². The minimum Gasteiger partial charge on any atom is -0.383 e. The van der Waals surface area contributed by atoms with Crippen LogP contribution in [0.2, 0.25) is 5.02 Å². The van der Waals surface area contributed by atoms with Crippen LogP contribution in [0, 0.1) is 11.8 Å². The highest BCUT2D eigenvalue weighted by Gasteiger charge is 2.29. The van der Waals surface area contributed by atoms with Crippen molar-refractivity contribution in [2.45, 2.75) is 13.1 Å². The lowest BCUT2D eigenvalue weighted by Gasteiger charge is -2.28. The third-order valence-electron chi connectivity index (χ3n) is 8.50. The third kappa shape index (κ3) is 8.74. The number of fused-ring (bicyclic) bond motifs is 1. The molecule has 4 N–H and O–H groups in total. The molecule has 2 aromatic carbocycles. The first-order chi connectivity index (χ1) is 24.6. The van der Waals surface area contributed by atoms with Gasteiger partial charge in [0.2, 0.25) is 0 Å². The predicted octanol–water partition coefficient (Wildman–Crippen LogP) is 5.09. The first kappa shape index (κ1) is 37.9. The predicted molar refractivity (Wildman–Crippen MR) is 195 cm³/mol. The largest absolute Gasteiger partial charge is 0.405 e. The molecular formula is C37H37ClF3N7O4. The number of rotatable bonds is 9. The molecule has 1 aliphatic rings. The van der Waals surface area contributed by atoms with E-state index in [1.54, 1.807) is 56.3 Å². The second-order valence-electron chi connectivity index (χ2n) is 12.3. The molecule has 3 heterocycles. The number of aryl methyl sites for hydroxylation is 1. The summed E-state index contributed by atoms with van der Waals surface area (Å²) in [6.45, 7) is 7.82. The van der Waals surface area contributed by atoms with Crippen molar-refractivity contribution in [2.75, 3.05) is 64.0 Å². The molecule has 1 aliphatic heterocycles. The van der Waals surface area contributed by atoms with Crippen LogP contribution in [0.1, 0.15) is 22.8 Å². The topological polar surface area (TPSA) is 135 Å². The van der Waals surface area contributed by atoms with Gasteiger partial charge in [-0.15, -0.1) is 0 Å². The molecule has 15 heteroatoms. The molecule has 0 saturated carbocycles. The van der Waals surface area contributed by atoms with Crippen LogP contribution < -0.4 is 16.4 Å². The Balaban J connectivity index is 1.59.